The molecule has 30 heavy (non-hydrogen) atoms. The third-order valence-corrected chi connectivity index (χ3v) is 3.79. The first-order chi connectivity index (χ1) is 14.5. The van der Waals surface area contributed by atoms with Gasteiger partial charge < -0.3 is 29.6 Å². The van der Waals surface area contributed by atoms with Crippen LogP contribution >= 0.6 is 0 Å². The molecule has 0 aliphatic heterocycles. The van der Waals surface area contributed by atoms with Crippen molar-refractivity contribution in [2.75, 3.05) is 38.1 Å². The number of anilines is 2. The zero-order valence-electron chi connectivity index (χ0n) is 16.9. The van der Waals surface area contributed by atoms with E-state index in [0.717, 1.165) is 0 Å². The molecule has 2 aromatic carbocycles. The summed E-state index contributed by atoms with van der Waals surface area (Å²) in [5.74, 6) is -0.0796. The van der Waals surface area contributed by atoms with E-state index in [1.165, 1.54) is 14.2 Å². The van der Waals surface area contributed by atoms with Crippen LogP contribution in [0.2, 0.25) is 0 Å². The fourth-order valence-electron chi connectivity index (χ4n) is 2.37. The maximum absolute atomic E-state index is 12.5. The van der Waals surface area contributed by atoms with Gasteiger partial charge in [-0.05, 0) is 24.3 Å². The van der Waals surface area contributed by atoms with E-state index in [9.17, 15) is 9.59 Å². The molecule has 0 bridgehead atoms. The van der Waals surface area contributed by atoms with Crippen molar-refractivity contribution in [1.82, 2.24) is 0 Å². The predicted molar refractivity (Wildman–Crippen MR) is 115 cm³/mol. The fraction of sp³-hybridized carbons (Fsp3) is 0.182. The maximum Gasteiger partial charge on any atom is 0.314 e. The average molecular weight is 412 g/mol. The lowest BCUT2D eigenvalue weighted by Gasteiger charge is -2.14. The highest BCUT2D eigenvalue weighted by Crippen LogP contribution is 2.31. The Morgan fingerprint density at radius 3 is 1.53 bits per heavy atom. The second-order valence-electron chi connectivity index (χ2n) is 5.83. The van der Waals surface area contributed by atoms with Crippen LogP contribution in [0.15, 0.2) is 61.7 Å². The number of methoxy groups -OCH3 is 2. The summed E-state index contributed by atoms with van der Waals surface area (Å²) >= 11 is 0. The van der Waals surface area contributed by atoms with Crippen LogP contribution in [-0.2, 0) is 9.59 Å². The standard InChI is InChI=1S/C22H24N2O6/c1-5-11-29-19-9-7-15(27-3)13-17(19)23-21(25)22(26)24-18-14-16(28-4)8-10-20(18)30-12-6-2/h5-10,13-14H,1-2,11-12H2,3-4H3,(H,23,25)(H,24,26). The summed E-state index contributed by atoms with van der Waals surface area (Å²) in [5, 5.41) is 5.05. The smallest absolute Gasteiger partial charge is 0.314 e. The Balaban J connectivity index is 2.19. The summed E-state index contributed by atoms with van der Waals surface area (Å²) < 4.78 is 21.4. The molecule has 8 heteroatoms. The third kappa shape index (κ3) is 6.03. The second-order valence-corrected chi connectivity index (χ2v) is 5.83. The summed E-state index contributed by atoms with van der Waals surface area (Å²) in [6, 6.07) is 9.70. The number of amides is 2. The number of carbonyl (C=O) groups excluding carboxylic acids is 2. The lowest BCUT2D eigenvalue weighted by atomic mass is 10.2. The second kappa shape index (κ2) is 11.2. The minimum absolute atomic E-state index is 0.231. The molecule has 0 aliphatic rings. The molecule has 2 amide bonds. The molecule has 0 spiro atoms. The van der Waals surface area contributed by atoms with Crippen molar-refractivity contribution >= 4 is 23.2 Å². The van der Waals surface area contributed by atoms with Gasteiger partial charge in [0.15, 0.2) is 0 Å². The van der Waals surface area contributed by atoms with Crippen molar-refractivity contribution < 1.29 is 28.5 Å². The molecule has 0 unspecified atom stereocenters. The van der Waals surface area contributed by atoms with Gasteiger partial charge in [0.25, 0.3) is 0 Å². The Kier molecular flexibility index (Phi) is 8.31. The number of benzene rings is 2. The molecular formula is C22H24N2O6. The van der Waals surface area contributed by atoms with Gasteiger partial charge in [0.05, 0.1) is 25.6 Å². The minimum atomic E-state index is -0.899. The first-order valence-electron chi connectivity index (χ1n) is 8.98. The summed E-state index contributed by atoms with van der Waals surface area (Å²) in [4.78, 5) is 25.0. The van der Waals surface area contributed by atoms with Gasteiger partial charge in [-0.2, -0.15) is 0 Å². The summed E-state index contributed by atoms with van der Waals surface area (Å²) in [6.45, 7) is 7.64. The van der Waals surface area contributed by atoms with Crippen LogP contribution in [0, 0.1) is 0 Å². The quantitative estimate of drug-likeness (QED) is 0.459. The first-order valence-corrected chi connectivity index (χ1v) is 8.98. The Labute approximate surface area is 175 Å². The fourth-order valence-corrected chi connectivity index (χ4v) is 2.37. The highest BCUT2D eigenvalue weighted by molar-refractivity contribution is 6.44. The Morgan fingerprint density at radius 1 is 0.800 bits per heavy atom. The van der Waals surface area contributed by atoms with Crippen molar-refractivity contribution in [3.8, 4) is 23.0 Å². The Morgan fingerprint density at radius 2 is 1.20 bits per heavy atom. The molecule has 0 saturated carbocycles. The van der Waals surface area contributed by atoms with Crippen LogP contribution in [0.1, 0.15) is 0 Å². The minimum Gasteiger partial charge on any atom is -0.497 e. The number of hydrogen-bond donors (Lipinski definition) is 2. The van der Waals surface area contributed by atoms with E-state index in [4.69, 9.17) is 18.9 Å². The van der Waals surface area contributed by atoms with Gasteiger partial charge in [-0.1, -0.05) is 25.3 Å². The molecule has 0 aliphatic carbocycles. The number of carbonyl (C=O) groups is 2. The molecule has 0 heterocycles. The van der Waals surface area contributed by atoms with Crippen molar-refractivity contribution in [3.63, 3.8) is 0 Å². The summed E-state index contributed by atoms with van der Waals surface area (Å²) in [6.07, 6.45) is 3.13. The molecule has 158 valence electrons. The van der Waals surface area contributed by atoms with Gasteiger partial charge >= 0.3 is 11.8 Å². The van der Waals surface area contributed by atoms with E-state index in [-0.39, 0.29) is 24.6 Å². The van der Waals surface area contributed by atoms with Gasteiger partial charge in [-0.3, -0.25) is 9.59 Å². The molecule has 0 atom stereocenters. The molecule has 2 aromatic rings. The van der Waals surface area contributed by atoms with Gasteiger partial charge in [-0.15, -0.1) is 0 Å². The molecular weight excluding hydrogens is 388 g/mol. The number of rotatable bonds is 10. The largest absolute Gasteiger partial charge is 0.497 e. The normalized spacial score (nSPS) is 9.80. The van der Waals surface area contributed by atoms with Gasteiger partial charge in [0.1, 0.15) is 36.2 Å². The SMILES string of the molecule is C=CCOc1ccc(OC)cc1NC(=O)C(=O)Nc1cc(OC)ccc1OCC=C. The molecule has 8 nitrogen and oxygen atoms in total. The van der Waals surface area contributed by atoms with E-state index in [0.29, 0.717) is 23.0 Å². The van der Waals surface area contributed by atoms with Crippen LogP contribution in [0.3, 0.4) is 0 Å². The predicted octanol–water partition coefficient (Wildman–Crippen LogP) is 3.41. The van der Waals surface area contributed by atoms with Crippen molar-refractivity contribution in [3.05, 3.63) is 61.7 Å². The molecule has 0 radical (unpaired) electrons. The summed E-state index contributed by atoms with van der Waals surface area (Å²) in [5.41, 5.74) is 0.565. The lowest BCUT2D eigenvalue weighted by Crippen LogP contribution is -2.29. The monoisotopic (exact) mass is 412 g/mol. The van der Waals surface area contributed by atoms with Crippen molar-refractivity contribution in [1.29, 1.82) is 0 Å². The average Bonchev–Trinajstić information content (AvgIpc) is 2.77. The molecule has 0 saturated heterocycles. The van der Waals surface area contributed by atoms with Crippen molar-refractivity contribution in [2.24, 2.45) is 0 Å². The van der Waals surface area contributed by atoms with E-state index in [1.807, 2.05) is 0 Å². The highest BCUT2D eigenvalue weighted by Gasteiger charge is 2.19. The number of nitrogens with one attached hydrogen (secondary N) is 2. The van der Waals surface area contributed by atoms with E-state index >= 15 is 0 Å². The van der Waals surface area contributed by atoms with Crippen LogP contribution < -0.4 is 29.6 Å². The van der Waals surface area contributed by atoms with E-state index in [1.54, 1.807) is 48.6 Å². The molecule has 2 N–H and O–H groups in total. The maximum atomic E-state index is 12.5. The van der Waals surface area contributed by atoms with E-state index < -0.39 is 11.8 Å². The van der Waals surface area contributed by atoms with E-state index in [2.05, 4.69) is 23.8 Å². The van der Waals surface area contributed by atoms with Crippen LogP contribution in [0.5, 0.6) is 23.0 Å². The van der Waals surface area contributed by atoms with Gasteiger partial charge in [-0.25, -0.2) is 0 Å². The summed E-state index contributed by atoms with van der Waals surface area (Å²) in [7, 11) is 2.98. The zero-order chi connectivity index (χ0) is 21.9. The third-order valence-electron chi connectivity index (χ3n) is 3.79. The first kappa shape index (κ1) is 22.4. The van der Waals surface area contributed by atoms with Gasteiger partial charge in [0.2, 0.25) is 0 Å². The van der Waals surface area contributed by atoms with Gasteiger partial charge in [0, 0.05) is 12.1 Å². The highest BCUT2D eigenvalue weighted by atomic mass is 16.5. The molecule has 2 rings (SSSR count). The zero-order valence-corrected chi connectivity index (χ0v) is 16.9. The Hall–Kier alpha value is -3.94. The molecule has 0 aromatic heterocycles. The Bertz CT molecular complexity index is 850. The lowest BCUT2D eigenvalue weighted by molar-refractivity contribution is -0.133. The van der Waals surface area contributed by atoms with Crippen LogP contribution in [0.25, 0.3) is 0 Å². The van der Waals surface area contributed by atoms with Crippen LogP contribution in [0.4, 0.5) is 11.4 Å². The number of ether oxygens (including phenoxy) is 4. The van der Waals surface area contributed by atoms with Crippen molar-refractivity contribution in [2.45, 2.75) is 0 Å². The molecule has 0 fully saturated rings. The van der Waals surface area contributed by atoms with Crippen LogP contribution in [-0.4, -0.2) is 39.2 Å². The number of hydrogen-bond acceptors (Lipinski definition) is 6. The topological polar surface area (TPSA) is 95.1 Å².